The molecule has 3 rings (SSSR count). The van der Waals surface area contributed by atoms with Crippen LogP contribution >= 0.6 is 23.8 Å². The third-order valence-electron chi connectivity index (χ3n) is 3.49. The van der Waals surface area contributed by atoms with Gasteiger partial charge in [0.05, 0.1) is 16.6 Å². The Labute approximate surface area is 116 Å². The molecule has 0 amide bonds. The Hall–Kier alpha value is -0.910. The van der Waals surface area contributed by atoms with E-state index in [-0.39, 0.29) is 0 Å². The Kier molecular flexibility index (Phi) is 3.13. The van der Waals surface area contributed by atoms with Gasteiger partial charge in [-0.15, -0.1) is 0 Å². The van der Waals surface area contributed by atoms with E-state index >= 15 is 0 Å². The van der Waals surface area contributed by atoms with Crippen molar-refractivity contribution in [2.24, 2.45) is 0 Å². The van der Waals surface area contributed by atoms with Crippen LogP contribution in [0.25, 0.3) is 11.2 Å². The monoisotopic (exact) mass is 282 g/mol. The Balaban J connectivity index is 2.10. The van der Waals surface area contributed by atoms with Crippen molar-refractivity contribution in [3.63, 3.8) is 0 Å². The Morgan fingerprint density at radius 3 is 3.17 bits per heavy atom. The fourth-order valence-electron chi connectivity index (χ4n) is 2.68. The number of aromatic amines is 1. The van der Waals surface area contributed by atoms with Crippen LogP contribution in [-0.4, -0.2) is 39.6 Å². The van der Waals surface area contributed by atoms with E-state index in [2.05, 4.69) is 26.5 Å². The first kappa shape index (κ1) is 12.1. The lowest BCUT2D eigenvalue weighted by Crippen LogP contribution is -2.33. The Morgan fingerprint density at radius 1 is 1.56 bits per heavy atom. The molecule has 0 aliphatic carbocycles. The molecule has 0 bridgehead atoms. The largest absolute Gasteiger partial charge is 0.329 e. The number of likely N-dealkylation sites (tertiary alicyclic amines) is 1. The van der Waals surface area contributed by atoms with Gasteiger partial charge in [-0.2, -0.15) is 0 Å². The SMILES string of the molecule is CN1CCCC(n2c(=S)[nH]c3cc(Cl)cnc32)C1. The minimum absolute atomic E-state index is 0.402. The number of aromatic nitrogens is 3. The lowest BCUT2D eigenvalue weighted by Gasteiger charge is -2.30. The molecule has 0 saturated carbocycles. The third kappa shape index (κ3) is 2.06. The van der Waals surface area contributed by atoms with Crippen LogP contribution in [-0.2, 0) is 0 Å². The average Bonchev–Trinajstić information content (AvgIpc) is 2.64. The normalized spacial score (nSPS) is 21.6. The van der Waals surface area contributed by atoms with Crippen LogP contribution in [0, 0.1) is 4.77 Å². The van der Waals surface area contributed by atoms with E-state index in [1.165, 1.54) is 6.42 Å². The number of likely N-dealkylation sites (N-methyl/N-ethyl adjacent to an activating group) is 1. The number of piperidine rings is 1. The second kappa shape index (κ2) is 4.64. The van der Waals surface area contributed by atoms with Crippen molar-refractivity contribution in [1.82, 2.24) is 19.4 Å². The number of imidazole rings is 1. The molecule has 0 aromatic carbocycles. The van der Waals surface area contributed by atoms with Crippen LogP contribution in [0.4, 0.5) is 0 Å². The van der Waals surface area contributed by atoms with Gasteiger partial charge in [-0.3, -0.25) is 4.57 Å². The highest BCUT2D eigenvalue weighted by Crippen LogP contribution is 2.26. The molecule has 2 aromatic heterocycles. The molecule has 1 atom stereocenters. The van der Waals surface area contributed by atoms with Crippen LogP contribution < -0.4 is 0 Å². The van der Waals surface area contributed by atoms with Crippen molar-refractivity contribution in [3.05, 3.63) is 22.1 Å². The summed E-state index contributed by atoms with van der Waals surface area (Å²) in [6.07, 6.45) is 4.02. The molecule has 4 nitrogen and oxygen atoms in total. The summed E-state index contributed by atoms with van der Waals surface area (Å²) in [5.74, 6) is 0. The van der Waals surface area contributed by atoms with E-state index in [0.717, 1.165) is 35.4 Å². The number of halogens is 1. The molecule has 1 unspecified atom stereocenters. The van der Waals surface area contributed by atoms with Gasteiger partial charge in [0.2, 0.25) is 0 Å². The minimum atomic E-state index is 0.402. The lowest BCUT2D eigenvalue weighted by molar-refractivity contribution is 0.213. The molecular weight excluding hydrogens is 268 g/mol. The zero-order valence-electron chi connectivity index (χ0n) is 10.2. The summed E-state index contributed by atoms with van der Waals surface area (Å²) in [7, 11) is 2.15. The Morgan fingerprint density at radius 2 is 2.39 bits per heavy atom. The fourth-order valence-corrected chi connectivity index (χ4v) is 3.18. The van der Waals surface area contributed by atoms with Crippen molar-refractivity contribution in [2.45, 2.75) is 18.9 Å². The van der Waals surface area contributed by atoms with Gasteiger partial charge in [0.15, 0.2) is 10.4 Å². The maximum Gasteiger partial charge on any atom is 0.179 e. The lowest BCUT2D eigenvalue weighted by atomic mass is 10.1. The number of hydrogen-bond donors (Lipinski definition) is 1. The average molecular weight is 283 g/mol. The highest BCUT2D eigenvalue weighted by molar-refractivity contribution is 7.71. The molecule has 0 spiro atoms. The van der Waals surface area contributed by atoms with Crippen molar-refractivity contribution < 1.29 is 0 Å². The fraction of sp³-hybridized carbons (Fsp3) is 0.500. The quantitative estimate of drug-likeness (QED) is 0.817. The molecular formula is C12H15ClN4S. The van der Waals surface area contributed by atoms with Crippen LogP contribution in [0.2, 0.25) is 5.02 Å². The maximum absolute atomic E-state index is 5.96. The van der Waals surface area contributed by atoms with Crippen molar-refractivity contribution in [3.8, 4) is 0 Å². The molecule has 1 aliphatic rings. The highest BCUT2D eigenvalue weighted by Gasteiger charge is 2.21. The molecule has 96 valence electrons. The molecule has 1 fully saturated rings. The maximum atomic E-state index is 5.96. The summed E-state index contributed by atoms with van der Waals surface area (Å²) in [5.41, 5.74) is 1.82. The molecule has 18 heavy (non-hydrogen) atoms. The number of pyridine rings is 1. The molecule has 1 aliphatic heterocycles. The number of fused-ring (bicyclic) bond motifs is 1. The van der Waals surface area contributed by atoms with E-state index in [4.69, 9.17) is 23.8 Å². The summed E-state index contributed by atoms with van der Waals surface area (Å²) < 4.78 is 2.87. The third-order valence-corrected chi connectivity index (χ3v) is 3.99. The molecule has 3 heterocycles. The molecule has 6 heteroatoms. The van der Waals surface area contributed by atoms with E-state index in [9.17, 15) is 0 Å². The first-order valence-electron chi connectivity index (χ1n) is 6.09. The first-order valence-corrected chi connectivity index (χ1v) is 6.88. The van der Waals surface area contributed by atoms with Crippen molar-refractivity contribution >= 4 is 35.0 Å². The number of nitrogens with zero attached hydrogens (tertiary/aromatic N) is 3. The van der Waals surface area contributed by atoms with Crippen LogP contribution in [0.3, 0.4) is 0 Å². The van der Waals surface area contributed by atoms with Gasteiger partial charge in [0.1, 0.15) is 0 Å². The van der Waals surface area contributed by atoms with Gasteiger partial charge in [0.25, 0.3) is 0 Å². The number of nitrogens with one attached hydrogen (secondary N) is 1. The molecule has 1 saturated heterocycles. The Bertz CT molecular complexity index is 633. The van der Waals surface area contributed by atoms with E-state index < -0.39 is 0 Å². The van der Waals surface area contributed by atoms with E-state index in [0.29, 0.717) is 11.1 Å². The summed E-state index contributed by atoms with van der Waals surface area (Å²) in [6, 6.07) is 2.28. The topological polar surface area (TPSA) is 36.9 Å². The predicted molar refractivity (Wildman–Crippen MR) is 75.7 cm³/mol. The van der Waals surface area contributed by atoms with Gasteiger partial charge < -0.3 is 9.88 Å². The highest BCUT2D eigenvalue weighted by atomic mass is 35.5. The number of H-pyrrole nitrogens is 1. The van der Waals surface area contributed by atoms with Gasteiger partial charge in [0, 0.05) is 12.7 Å². The smallest absolute Gasteiger partial charge is 0.179 e. The van der Waals surface area contributed by atoms with E-state index in [1.54, 1.807) is 6.20 Å². The van der Waals surface area contributed by atoms with Gasteiger partial charge in [-0.05, 0) is 44.7 Å². The standard InChI is InChI=1S/C12H15ClN4S/c1-16-4-2-3-9(7-16)17-11-10(15-12(17)18)5-8(13)6-14-11/h5-6,9H,2-4,7H2,1H3,(H,15,18). The van der Waals surface area contributed by atoms with Crippen LogP contribution in [0.1, 0.15) is 18.9 Å². The van der Waals surface area contributed by atoms with Crippen LogP contribution in [0.5, 0.6) is 0 Å². The van der Waals surface area contributed by atoms with Gasteiger partial charge in [-0.1, -0.05) is 11.6 Å². The molecule has 2 aromatic rings. The molecule has 0 radical (unpaired) electrons. The van der Waals surface area contributed by atoms with E-state index in [1.807, 2.05) is 6.07 Å². The number of rotatable bonds is 1. The summed E-state index contributed by atoms with van der Waals surface area (Å²) in [6.45, 7) is 2.18. The van der Waals surface area contributed by atoms with Gasteiger partial charge in [-0.25, -0.2) is 4.98 Å². The second-order valence-corrected chi connectivity index (χ2v) is 5.71. The summed E-state index contributed by atoms with van der Waals surface area (Å²) >= 11 is 11.4. The zero-order valence-corrected chi connectivity index (χ0v) is 11.8. The van der Waals surface area contributed by atoms with Crippen molar-refractivity contribution in [1.29, 1.82) is 0 Å². The first-order chi connectivity index (χ1) is 8.65. The van der Waals surface area contributed by atoms with Crippen molar-refractivity contribution in [2.75, 3.05) is 20.1 Å². The zero-order chi connectivity index (χ0) is 12.7. The van der Waals surface area contributed by atoms with Crippen LogP contribution in [0.15, 0.2) is 12.3 Å². The summed E-state index contributed by atoms with van der Waals surface area (Å²) in [5, 5.41) is 0.631. The predicted octanol–water partition coefficient (Wildman–Crippen LogP) is 3.01. The summed E-state index contributed by atoms with van der Waals surface area (Å²) in [4.78, 5) is 9.95. The molecule has 1 N–H and O–H groups in total. The number of hydrogen-bond acceptors (Lipinski definition) is 3. The second-order valence-electron chi connectivity index (χ2n) is 4.88. The van der Waals surface area contributed by atoms with Gasteiger partial charge >= 0.3 is 0 Å². The minimum Gasteiger partial charge on any atom is -0.329 e.